The van der Waals surface area contributed by atoms with Crippen molar-refractivity contribution in [1.82, 2.24) is 4.90 Å². The molecule has 11 heteroatoms. The van der Waals surface area contributed by atoms with E-state index in [1.165, 1.54) is 25.3 Å². The predicted octanol–water partition coefficient (Wildman–Crippen LogP) is 5.05. The van der Waals surface area contributed by atoms with E-state index in [1.807, 2.05) is 0 Å². The van der Waals surface area contributed by atoms with Crippen molar-refractivity contribution in [1.29, 1.82) is 0 Å². The number of benzene rings is 3. The van der Waals surface area contributed by atoms with Crippen LogP contribution >= 0.6 is 15.9 Å². The number of allylic oxidation sites excluding steroid dienone is 2. The molecule has 10 nitrogen and oxygen atoms in total. The van der Waals surface area contributed by atoms with Crippen LogP contribution in [0, 0.1) is 28.9 Å². The van der Waals surface area contributed by atoms with E-state index in [1.54, 1.807) is 78.7 Å². The number of nitrogens with zero attached hydrogens (tertiary/aromatic N) is 3. The lowest BCUT2D eigenvalue weighted by atomic mass is 9.85. The van der Waals surface area contributed by atoms with Crippen molar-refractivity contribution < 1.29 is 28.8 Å². The molecule has 6 rings (SSSR count). The zero-order valence-electron chi connectivity index (χ0n) is 23.0. The fourth-order valence-electron chi connectivity index (χ4n) is 6.13. The SMILES string of the molecule is COc1ccc(C(=O)[C@@H]2[C@@H]3C(=O)N(c4cc([N+](=O)[O-])ccc4C)C(=O)[C@@H]3[C@@H]3C=C(C(=O)c4ccccc4)C=CN23)cc1Br. The number of amides is 2. The van der Waals surface area contributed by atoms with E-state index in [9.17, 15) is 29.3 Å². The Kier molecular flexibility index (Phi) is 7.05. The second-order valence-electron chi connectivity index (χ2n) is 10.5. The minimum Gasteiger partial charge on any atom is -0.496 e. The summed E-state index contributed by atoms with van der Waals surface area (Å²) in [6, 6.07) is 15.6. The van der Waals surface area contributed by atoms with Gasteiger partial charge in [-0.15, -0.1) is 0 Å². The number of aryl methyl sites for hydroxylation is 1. The lowest BCUT2D eigenvalue weighted by Crippen LogP contribution is -2.46. The number of carbonyl (C=O) groups excluding carboxylic acids is 4. The molecule has 2 fully saturated rings. The fraction of sp³-hybridized carbons (Fsp3) is 0.188. The first-order valence-corrected chi connectivity index (χ1v) is 14.2. The van der Waals surface area contributed by atoms with Gasteiger partial charge in [0.15, 0.2) is 11.6 Å². The molecule has 3 aliphatic rings. The van der Waals surface area contributed by atoms with Gasteiger partial charge in [-0.25, -0.2) is 4.90 Å². The van der Waals surface area contributed by atoms with Crippen molar-refractivity contribution in [3.8, 4) is 5.75 Å². The van der Waals surface area contributed by atoms with Crippen LogP contribution in [-0.4, -0.2) is 52.4 Å². The molecule has 0 bridgehead atoms. The monoisotopic (exact) mass is 641 g/mol. The summed E-state index contributed by atoms with van der Waals surface area (Å²) < 4.78 is 5.83. The van der Waals surface area contributed by atoms with Crippen molar-refractivity contribution in [3.05, 3.63) is 122 Å². The molecule has 0 spiro atoms. The smallest absolute Gasteiger partial charge is 0.271 e. The average Bonchev–Trinajstić information content (AvgIpc) is 3.48. The van der Waals surface area contributed by atoms with Crippen LogP contribution in [0.25, 0.3) is 0 Å². The molecule has 3 aliphatic heterocycles. The number of hydrogen-bond acceptors (Lipinski definition) is 8. The quantitative estimate of drug-likeness (QED) is 0.152. The molecular weight excluding hydrogens is 618 g/mol. The van der Waals surface area contributed by atoms with Crippen LogP contribution in [-0.2, 0) is 9.59 Å². The zero-order valence-corrected chi connectivity index (χ0v) is 24.6. The number of nitro benzene ring substituents is 1. The lowest BCUT2D eigenvalue weighted by Gasteiger charge is -2.33. The van der Waals surface area contributed by atoms with E-state index in [4.69, 9.17) is 4.74 Å². The number of Topliss-reactive ketones (excluding diaryl/α,β-unsaturated/α-hetero) is 2. The Hall–Kier alpha value is -4.90. The second-order valence-corrected chi connectivity index (χ2v) is 11.4. The first kappa shape index (κ1) is 28.2. The molecular formula is C32H24BrN3O7. The normalized spacial score (nSPS) is 22.3. The number of rotatable bonds is 7. The number of imide groups is 1. The maximum Gasteiger partial charge on any atom is 0.271 e. The van der Waals surface area contributed by atoms with Crippen LogP contribution < -0.4 is 9.64 Å². The molecule has 4 atom stereocenters. The summed E-state index contributed by atoms with van der Waals surface area (Å²) in [5.41, 5.74) is 1.40. The van der Waals surface area contributed by atoms with Crippen LogP contribution in [0.2, 0.25) is 0 Å². The Bertz CT molecular complexity index is 1780. The molecule has 0 radical (unpaired) electrons. The molecule has 216 valence electrons. The number of methoxy groups -OCH3 is 1. The van der Waals surface area contributed by atoms with Gasteiger partial charge in [0.2, 0.25) is 11.8 Å². The van der Waals surface area contributed by atoms with Gasteiger partial charge in [-0.2, -0.15) is 0 Å². The van der Waals surface area contributed by atoms with Crippen molar-refractivity contribution >= 4 is 50.7 Å². The lowest BCUT2D eigenvalue weighted by molar-refractivity contribution is -0.384. The van der Waals surface area contributed by atoms with Crippen molar-refractivity contribution in [2.24, 2.45) is 11.8 Å². The average molecular weight is 642 g/mol. The van der Waals surface area contributed by atoms with E-state index >= 15 is 0 Å². The van der Waals surface area contributed by atoms with Gasteiger partial charge in [-0.1, -0.05) is 42.5 Å². The summed E-state index contributed by atoms with van der Waals surface area (Å²) >= 11 is 3.41. The van der Waals surface area contributed by atoms with E-state index in [0.717, 1.165) is 4.90 Å². The molecule has 0 unspecified atom stereocenters. The van der Waals surface area contributed by atoms with Gasteiger partial charge in [-0.3, -0.25) is 29.3 Å². The molecule has 43 heavy (non-hydrogen) atoms. The van der Waals surface area contributed by atoms with Gasteiger partial charge < -0.3 is 9.64 Å². The third kappa shape index (κ3) is 4.56. The third-order valence-electron chi connectivity index (χ3n) is 8.20. The molecule has 3 aromatic rings. The first-order valence-electron chi connectivity index (χ1n) is 13.4. The minimum absolute atomic E-state index is 0.0967. The Morgan fingerprint density at radius 3 is 2.35 bits per heavy atom. The summed E-state index contributed by atoms with van der Waals surface area (Å²) in [5.74, 6) is -3.46. The summed E-state index contributed by atoms with van der Waals surface area (Å²) in [5, 5.41) is 11.5. The minimum atomic E-state index is -1.10. The third-order valence-corrected chi connectivity index (χ3v) is 8.82. The highest BCUT2D eigenvalue weighted by Crippen LogP contribution is 2.48. The number of ketones is 2. The van der Waals surface area contributed by atoms with Crippen molar-refractivity contribution in [2.45, 2.75) is 19.0 Å². The fourth-order valence-corrected chi connectivity index (χ4v) is 6.67. The topological polar surface area (TPSA) is 127 Å². The molecule has 0 saturated carbocycles. The van der Waals surface area contributed by atoms with Gasteiger partial charge in [0.25, 0.3) is 5.69 Å². The Morgan fingerprint density at radius 1 is 0.953 bits per heavy atom. The van der Waals surface area contributed by atoms with Gasteiger partial charge in [0.05, 0.1) is 40.1 Å². The summed E-state index contributed by atoms with van der Waals surface area (Å²) in [7, 11) is 1.50. The van der Waals surface area contributed by atoms with Gasteiger partial charge in [0, 0.05) is 35.0 Å². The maximum atomic E-state index is 14.1. The van der Waals surface area contributed by atoms with Crippen molar-refractivity contribution in [2.75, 3.05) is 12.0 Å². The molecule has 2 amide bonds. The highest BCUT2D eigenvalue weighted by atomic mass is 79.9. The highest BCUT2D eigenvalue weighted by molar-refractivity contribution is 9.10. The van der Waals surface area contributed by atoms with Crippen LogP contribution in [0.4, 0.5) is 11.4 Å². The van der Waals surface area contributed by atoms with Gasteiger partial charge in [-0.05, 0) is 52.7 Å². The molecule has 3 heterocycles. The number of nitro groups is 1. The van der Waals surface area contributed by atoms with Crippen LogP contribution in [0.15, 0.2) is 95.1 Å². The molecule has 0 aliphatic carbocycles. The van der Waals surface area contributed by atoms with Crippen LogP contribution in [0.3, 0.4) is 0 Å². The van der Waals surface area contributed by atoms with Crippen molar-refractivity contribution in [3.63, 3.8) is 0 Å². The largest absolute Gasteiger partial charge is 0.496 e. The number of anilines is 1. The van der Waals surface area contributed by atoms with E-state index in [0.29, 0.717) is 32.5 Å². The molecule has 0 N–H and O–H groups in total. The predicted molar refractivity (Wildman–Crippen MR) is 160 cm³/mol. The van der Waals surface area contributed by atoms with Crippen LogP contribution in [0.5, 0.6) is 5.75 Å². The molecule has 2 saturated heterocycles. The van der Waals surface area contributed by atoms with E-state index in [-0.39, 0.29) is 17.2 Å². The van der Waals surface area contributed by atoms with E-state index in [2.05, 4.69) is 15.9 Å². The first-order chi connectivity index (χ1) is 20.6. The Morgan fingerprint density at radius 2 is 1.67 bits per heavy atom. The number of ether oxygens (including phenoxy) is 1. The standard InChI is InChI=1S/C32H24BrN3O7/c1-17-8-10-21(36(41)42)16-23(17)35-31(39)26-24-15-20(29(37)18-6-4-3-5-7-18)12-13-34(24)28(27(26)32(35)40)30(38)19-9-11-25(43-2)22(33)14-19/h3-16,24,26-28H,1-2H3/t24-,26+,27+,28-/m0/s1. The number of hydrogen-bond donors (Lipinski definition) is 0. The number of halogens is 1. The van der Waals surface area contributed by atoms with E-state index < -0.39 is 46.4 Å². The molecule has 3 aromatic carbocycles. The summed E-state index contributed by atoms with van der Waals surface area (Å²) in [6.45, 7) is 1.65. The second kappa shape index (κ2) is 10.7. The number of non-ortho nitro benzene ring substituents is 1. The zero-order chi connectivity index (χ0) is 30.6. The summed E-state index contributed by atoms with van der Waals surface area (Å²) in [6.07, 6.45) is 4.83. The number of fused-ring (bicyclic) bond motifs is 3. The molecule has 0 aromatic heterocycles. The van der Waals surface area contributed by atoms with Crippen LogP contribution in [0.1, 0.15) is 26.3 Å². The highest BCUT2D eigenvalue weighted by Gasteiger charge is 2.63. The Labute approximate surface area is 254 Å². The number of carbonyl (C=O) groups is 4. The van der Waals surface area contributed by atoms with Gasteiger partial charge >= 0.3 is 0 Å². The Balaban J connectivity index is 1.46. The summed E-state index contributed by atoms with van der Waals surface area (Å²) in [4.78, 5) is 69.3. The maximum absolute atomic E-state index is 14.1. The van der Waals surface area contributed by atoms with Gasteiger partial charge in [0.1, 0.15) is 11.8 Å².